The molecule has 2 aromatic carbocycles. The van der Waals surface area contributed by atoms with E-state index in [1.54, 1.807) is 36.4 Å². The highest BCUT2D eigenvalue weighted by atomic mass is 32.2. The van der Waals surface area contributed by atoms with Gasteiger partial charge in [-0.25, -0.2) is 4.39 Å². The van der Waals surface area contributed by atoms with Crippen LogP contribution in [0.15, 0.2) is 76.0 Å². The van der Waals surface area contributed by atoms with Gasteiger partial charge in [0.1, 0.15) is 23.4 Å². The first kappa shape index (κ1) is 26.1. The monoisotopic (exact) mass is 567 g/mol. The summed E-state index contributed by atoms with van der Waals surface area (Å²) in [5.74, 6) is -0.941. The highest BCUT2D eigenvalue weighted by molar-refractivity contribution is 8.00. The zero-order valence-electron chi connectivity index (χ0n) is 20.2. The van der Waals surface area contributed by atoms with Gasteiger partial charge in [-0.1, -0.05) is 48.2 Å². The first-order valence-corrected chi connectivity index (χ1v) is 14.4. The third-order valence-corrected chi connectivity index (χ3v) is 8.79. The lowest BCUT2D eigenvalue weighted by Crippen LogP contribution is -2.29. The van der Waals surface area contributed by atoms with Gasteiger partial charge in [-0.3, -0.25) is 14.5 Å². The minimum absolute atomic E-state index is 0.00427. The molecule has 7 nitrogen and oxygen atoms in total. The predicted molar refractivity (Wildman–Crippen MR) is 147 cm³/mol. The van der Waals surface area contributed by atoms with Crippen LogP contribution in [0.1, 0.15) is 35.4 Å². The molecule has 1 aliphatic rings. The standard InChI is InChI=1S/C27H22FN3O4S3/c1-2-13-35-19-11-7-17(8-12-19)23(32)21-22(20-4-3-14-36-20)31(25(34)24(21)33)26-29-30-27(38-26)37-15-16-5-9-18(28)10-6-16/h3-12,14,22,32H,2,13,15H2,1H3/b23-21-. The Morgan fingerprint density at radius 1 is 1.11 bits per heavy atom. The number of ketones is 1. The van der Waals surface area contributed by atoms with Gasteiger partial charge in [-0.2, -0.15) is 0 Å². The number of halogens is 1. The fraction of sp³-hybridized carbons (Fsp3) is 0.185. The molecule has 1 saturated heterocycles. The van der Waals surface area contributed by atoms with E-state index in [2.05, 4.69) is 10.2 Å². The SMILES string of the molecule is CCCOc1ccc(/C(O)=C2/C(=O)C(=O)N(c3nnc(SCc4ccc(F)cc4)s3)C2c2cccs2)cc1. The molecule has 1 N–H and O–H groups in total. The van der Waals surface area contributed by atoms with Gasteiger partial charge in [0.15, 0.2) is 4.34 Å². The Kier molecular flexibility index (Phi) is 7.87. The fourth-order valence-corrected chi connectivity index (χ4v) is 6.56. The molecule has 0 radical (unpaired) electrons. The Hall–Kier alpha value is -3.54. The minimum Gasteiger partial charge on any atom is -0.507 e. The van der Waals surface area contributed by atoms with E-state index in [-0.39, 0.29) is 22.3 Å². The summed E-state index contributed by atoms with van der Waals surface area (Å²) in [4.78, 5) is 28.5. The molecule has 0 aliphatic carbocycles. The topological polar surface area (TPSA) is 92.6 Å². The van der Waals surface area contributed by atoms with Crippen molar-refractivity contribution in [3.63, 3.8) is 0 Å². The van der Waals surface area contributed by atoms with E-state index in [9.17, 15) is 19.1 Å². The molecule has 0 saturated carbocycles. The van der Waals surface area contributed by atoms with Crippen LogP contribution < -0.4 is 9.64 Å². The summed E-state index contributed by atoms with van der Waals surface area (Å²) in [6.45, 7) is 2.58. The fourth-order valence-electron chi connectivity index (χ4n) is 3.91. The van der Waals surface area contributed by atoms with E-state index in [4.69, 9.17) is 4.74 Å². The van der Waals surface area contributed by atoms with Gasteiger partial charge in [-0.15, -0.1) is 21.5 Å². The Morgan fingerprint density at radius 2 is 1.87 bits per heavy atom. The third kappa shape index (κ3) is 5.35. The molecule has 38 heavy (non-hydrogen) atoms. The molecule has 0 bridgehead atoms. The summed E-state index contributed by atoms with van der Waals surface area (Å²) in [5, 5.41) is 21.7. The van der Waals surface area contributed by atoms with Crippen LogP contribution in [0.2, 0.25) is 0 Å². The molecular formula is C27H22FN3O4S3. The molecule has 4 aromatic rings. The highest BCUT2D eigenvalue weighted by Crippen LogP contribution is 2.45. The number of benzene rings is 2. The number of ether oxygens (including phenoxy) is 1. The highest BCUT2D eigenvalue weighted by Gasteiger charge is 2.48. The molecule has 11 heteroatoms. The Labute approximate surface area is 230 Å². The quantitative estimate of drug-likeness (QED) is 0.0817. The van der Waals surface area contributed by atoms with Gasteiger partial charge in [0.25, 0.3) is 5.78 Å². The smallest absolute Gasteiger partial charge is 0.301 e. The molecule has 1 unspecified atom stereocenters. The van der Waals surface area contributed by atoms with Gasteiger partial charge in [-0.05, 0) is 59.8 Å². The largest absolute Gasteiger partial charge is 0.507 e. The van der Waals surface area contributed by atoms with Gasteiger partial charge in [0.05, 0.1) is 12.2 Å². The lowest BCUT2D eigenvalue weighted by molar-refractivity contribution is -0.132. The molecule has 1 fully saturated rings. The Balaban J connectivity index is 1.46. The average Bonchev–Trinajstić information content (AvgIpc) is 3.68. The number of aromatic nitrogens is 2. The maximum atomic E-state index is 13.3. The van der Waals surface area contributed by atoms with E-state index in [0.29, 0.717) is 32.9 Å². The zero-order chi connectivity index (χ0) is 26.6. The van der Waals surface area contributed by atoms with Gasteiger partial charge >= 0.3 is 5.91 Å². The maximum absolute atomic E-state index is 13.3. The van der Waals surface area contributed by atoms with Crippen LogP contribution in [0.4, 0.5) is 9.52 Å². The van der Waals surface area contributed by atoms with Crippen molar-refractivity contribution < 1.29 is 23.8 Å². The first-order chi connectivity index (χ1) is 18.5. The normalized spacial score (nSPS) is 16.8. The number of nitrogens with zero attached hydrogens (tertiary/aromatic N) is 3. The zero-order valence-corrected chi connectivity index (χ0v) is 22.6. The van der Waals surface area contributed by atoms with E-state index in [1.165, 1.54) is 51.5 Å². The number of aliphatic hydroxyl groups excluding tert-OH is 1. The molecule has 1 atom stereocenters. The number of anilines is 1. The molecule has 0 spiro atoms. The summed E-state index contributed by atoms with van der Waals surface area (Å²) in [6.07, 6.45) is 0.865. The van der Waals surface area contributed by atoms with Crippen molar-refractivity contribution in [2.75, 3.05) is 11.5 Å². The van der Waals surface area contributed by atoms with Crippen molar-refractivity contribution in [1.82, 2.24) is 10.2 Å². The number of thioether (sulfide) groups is 1. The number of thiophene rings is 1. The maximum Gasteiger partial charge on any atom is 0.301 e. The molecule has 2 aromatic heterocycles. The number of carbonyl (C=O) groups is 2. The number of hydrogen-bond donors (Lipinski definition) is 1. The molecular weight excluding hydrogens is 546 g/mol. The second-order valence-corrected chi connectivity index (χ2v) is 11.5. The van der Waals surface area contributed by atoms with Crippen LogP contribution in [0.25, 0.3) is 5.76 Å². The lowest BCUT2D eigenvalue weighted by atomic mass is 10.00. The lowest BCUT2D eigenvalue weighted by Gasteiger charge is -2.20. The minimum atomic E-state index is -0.839. The summed E-state index contributed by atoms with van der Waals surface area (Å²) in [5.41, 5.74) is 1.31. The number of amides is 1. The van der Waals surface area contributed by atoms with Crippen molar-refractivity contribution in [3.05, 3.63) is 93.4 Å². The first-order valence-electron chi connectivity index (χ1n) is 11.7. The number of carbonyl (C=O) groups excluding carboxylic acids is 2. The van der Waals surface area contributed by atoms with E-state index in [1.807, 2.05) is 24.4 Å². The Morgan fingerprint density at radius 3 is 2.55 bits per heavy atom. The van der Waals surface area contributed by atoms with Crippen molar-refractivity contribution in [2.45, 2.75) is 29.5 Å². The molecule has 5 rings (SSSR count). The predicted octanol–water partition coefficient (Wildman–Crippen LogP) is 6.45. The number of Topliss-reactive ketones (excluding diaryl/α,β-unsaturated/α-hetero) is 1. The third-order valence-electron chi connectivity index (χ3n) is 5.74. The summed E-state index contributed by atoms with van der Waals surface area (Å²) < 4.78 is 19.4. The molecule has 1 aliphatic heterocycles. The molecule has 1 amide bonds. The van der Waals surface area contributed by atoms with Crippen LogP contribution in [-0.4, -0.2) is 33.6 Å². The second-order valence-electron chi connectivity index (χ2n) is 8.32. The Bertz CT molecular complexity index is 1470. The second kappa shape index (κ2) is 11.5. The van der Waals surface area contributed by atoms with Crippen LogP contribution in [0.5, 0.6) is 5.75 Å². The van der Waals surface area contributed by atoms with Crippen molar-refractivity contribution in [1.29, 1.82) is 0 Å². The summed E-state index contributed by atoms with van der Waals surface area (Å²) in [7, 11) is 0. The molecule has 3 heterocycles. The summed E-state index contributed by atoms with van der Waals surface area (Å²) >= 11 is 3.96. The van der Waals surface area contributed by atoms with Crippen LogP contribution >= 0.6 is 34.4 Å². The van der Waals surface area contributed by atoms with Crippen LogP contribution in [-0.2, 0) is 15.3 Å². The van der Waals surface area contributed by atoms with Crippen LogP contribution in [0, 0.1) is 5.82 Å². The van der Waals surface area contributed by atoms with Crippen molar-refractivity contribution in [3.8, 4) is 5.75 Å². The van der Waals surface area contributed by atoms with E-state index >= 15 is 0 Å². The van der Waals surface area contributed by atoms with Crippen molar-refractivity contribution in [2.24, 2.45) is 0 Å². The van der Waals surface area contributed by atoms with Gasteiger partial charge in [0, 0.05) is 16.2 Å². The summed E-state index contributed by atoms with van der Waals surface area (Å²) in [6, 6.07) is 15.7. The number of rotatable bonds is 9. The van der Waals surface area contributed by atoms with E-state index in [0.717, 1.165) is 12.0 Å². The number of hydrogen-bond acceptors (Lipinski definition) is 9. The van der Waals surface area contributed by atoms with Crippen molar-refractivity contribution >= 4 is 57.0 Å². The van der Waals surface area contributed by atoms with E-state index < -0.39 is 17.7 Å². The number of aliphatic hydroxyl groups is 1. The van der Waals surface area contributed by atoms with Gasteiger partial charge < -0.3 is 9.84 Å². The van der Waals surface area contributed by atoms with Gasteiger partial charge in [0.2, 0.25) is 5.13 Å². The van der Waals surface area contributed by atoms with Crippen LogP contribution in [0.3, 0.4) is 0 Å². The average molecular weight is 568 g/mol. The molecule has 194 valence electrons.